The van der Waals surface area contributed by atoms with Gasteiger partial charge < -0.3 is 0 Å². The normalized spacial score (nSPS) is 11.5. The maximum absolute atomic E-state index is 13.2. The number of alkyl halides is 3. The number of aryl methyl sites for hydroxylation is 1. The molecule has 0 aliphatic heterocycles. The second-order valence-electron chi connectivity index (χ2n) is 4.57. The molecule has 0 aliphatic carbocycles. The van der Waals surface area contributed by atoms with Crippen molar-refractivity contribution in [2.75, 3.05) is 0 Å². The number of carbonyl (C=O) groups excluding carboxylic acids is 1. The Labute approximate surface area is 119 Å². The molecule has 0 saturated heterocycles. The fourth-order valence-corrected chi connectivity index (χ4v) is 2.04. The van der Waals surface area contributed by atoms with E-state index in [2.05, 4.69) is 0 Å². The Morgan fingerprint density at radius 2 is 1.81 bits per heavy atom. The van der Waals surface area contributed by atoms with Gasteiger partial charge >= 0.3 is 6.18 Å². The number of halogens is 4. The standard InChI is InChI=1S/C16H12F4O/c1-2-10-4-3-5-11(8-10)15(21)13-9-12(17)6-7-14(13)16(18,19)20/h3-9H,2H2,1H3. The van der Waals surface area contributed by atoms with E-state index >= 15 is 0 Å². The average Bonchev–Trinajstić information content (AvgIpc) is 2.45. The number of rotatable bonds is 3. The molecule has 2 aromatic carbocycles. The van der Waals surface area contributed by atoms with Gasteiger partial charge in [-0.25, -0.2) is 4.39 Å². The van der Waals surface area contributed by atoms with Gasteiger partial charge in [0.05, 0.1) is 5.56 Å². The van der Waals surface area contributed by atoms with Gasteiger partial charge in [-0.1, -0.05) is 25.1 Å². The highest BCUT2D eigenvalue weighted by Crippen LogP contribution is 2.33. The lowest BCUT2D eigenvalue weighted by atomic mass is 9.96. The van der Waals surface area contributed by atoms with E-state index in [1.807, 2.05) is 6.92 Å². The molecule has 0 N–H and O–H groups in total. The topological polar surface area (TPSA) is 17.1 Å². The first kappa shape index (κ1) is 15.2. The first-order valence-electron chi connectivity index (χ1n) is 6.33. The Kier molecular flexibility index (Phi) is 4.11. The second-order valence-corrected chi connectivity index (χ2v) is 4.57. The van der Waals surface area contributed by atoms with Crippen LogP contribution in [0.1, 0.15) is 34.0 Å². The van der Waals surface area contributed by atoms with Crippen molar-refractivity contribution < 1.29 is 22.4 Å². The van der Waals surface area contributed by atoms with Crippen LogP contribution in [0.2, 0.25) is 0 Å². The van der Waals surface area contributed by atoms with E-state index in [9.17, 15) is 22.4 Å². The van der Waals surface area contributed by atoms with Crippen molar-refractivity contribution in [1.29, 1.82) is 0 Å². The Hall–Kier alpha value is -2.17. The molecule has 2 aromatic rings. The molecule has 2 rings (SSSR count). The third kappa shape index (κ3) is 3.29. The van der Waals surface area contributed by atoms with Gasteiger partial charge in [0.2, 0.25) is 0 Å². The van der Waals surface area contributed by atoms with Crippen LogP contribution in [0.5, 0.6) is 0 Å². The Balaban J connectivity index is 2.54. The predicted molar refractivity (Wildman–Crippen MR) is 70.7 cm³/mol. The summed E-state index contributed by atoms with van der Waals surface area (Å²) in [7, 11) is 0. The lowest BCUT2D eigenvalue weighted by Gasteiger charge is -2.12. The van der Waals surface area contributed by atoms with Crippen molar-refractivity contribution in [2.45, 2.75) is 19.5 Å². The number of hydrogen-bond donors (Lipinski definition) is 0. The average molecular weight is 296 g/mol. The molecule has 21 heavy (non-hydrogen) atoms. The third-order valence-corrected chi connectivity index (χ3v) is 3.13. The van der Waals surface area contributed by atoms with Gasteiger partial charge in [0.1, 0.15) is 5.82 Å². The van der Waals surface area contributed by atoms with Crippen molar-refractivity contribution in [1.82, 2.24) is 0 Å². The van der Waals surface area contributed by atoms with Crippen LogP contribution in [-0.4, -0.2) is 5.78 Å². The van der Waals surface area contributed by atoms with Crippen molar-refractivity contribution in [3.8, 4) is 0 Å². The number of hydrogen-bond acceptors (Lipinski definition) is 1. The van der Waals surface area contributed by atoms with Crippen LogP contribution in [0, 0.1) is 5.82 Å². The monoisotopic (exact) mass is 296 g/mol. The van der Waals surface area contributed by atoms with Gasteiger partial charge in [-0.15, -0.1) is 0 Å². The summed E-state index contributed by atoms with van der Waals surface area (Å²) in [6.45, 7) is 1.87. The van der Waals surface area contributed by atoms with Crippen LogP contribution in [0.25, 0.3) is 0 Å². The fraction of sp³-hybridized carbons (Fsp3) is 0.188. The maximum Gasteiger partial charge on any atom is 0.417 e. The quantitative estimate of drug-likeness (QED) is 0.596. The van der Waals surface area contributed by atoms with Crippen LogP contribution in [0.3, 0.4) is 0 Å². The lowest BCUT2D eigenvalue weighted by molar-refractivity contribution is -0.137. The van der Waals surface area contributed by atoms with E-state index < -0.39 is 28.9 Å². The van der Waals surface area contributed by atoms with E-state index in [0.717, 1.165) is 5.56 Å². The summed E-state index contributed by atoms with van der Waals surface area (Å²) in [5, 5.41) is 0. The molecule has 110 valence electrons. The van der Waals surface area contributed by atoms with Gasteiger partial charge in [0.25, 0.3) is 0 Å². The molecule has 0 saturated carbocycles. The smallest absolute Gasteiger partial charge is 0.289 e. The first-order valence-corrected chi connectivity index (χ1v) is 6.33. The minimum absolute atomic E-state index is 0.116. The van der Waals surface area contributed by atoms with Crippen LogP contribution in [0.4, 0.5) is 17.6 Å². The fourth-order valence-electron chi connectivity index (χ4n) is 2.04. The highest BCUT2D eigenvalue weighted by atomic mass is 19.4. The molecule has 0 bridgehead atoms. The lowest BCUT2D eigenvalue weighted by Crippen LogP contribution is -2.14. The maximum atomic E-state index is 13.2. The summed E-state index contributed by atoms with van der Waals surface area (Å²) in [5.41, 5.74) is -0.859. The summed E-state index contributed by atoms with van der Waals surface area (Å²) < 4.78 is 52.0. The molecule has 0 spiro atoms. The first-order chi connectivity index (χ1) is 9.82. The molecular weight excluding hydrogens is 284 g/mol. The number of ketones is 1. The van der Waals surface area contributed by atoms with Gasteiger partial charge in [-0.2, -0.15) is 13.2 Å². The molecule has 0 atom stereocenters. The van der Waals surface area contributed by atoms with Crippen LogP contribution in [0.15, 0.2) is 42.5 Å². The zero-order chi connectivity index (χ0) is 15.6. The molecule has 0 unspecified atom stereocenters. The molecule has 0 radical (unpaired) electrons. The molecule has 5 heteroatoms. The third-order valence-electron chi connectivity index (χ3n) is 3.13. The largest absolute Gasteiger partial charge is 0.417 e. The summed E-state index contributed by atoms with van der Waals surface area (Å²) in [5.74, 6) is -1.71. The summed E-state index contributed by atoms with van der Waals surface area (Å²) in [6.07, 6.45) is -4.06. The van der Waals surface area contributed by atoms with Crippen molar-refractivity contribution in [3.63, 3.8) is 0 Å². The van der Waals surface area contributed by atoms with Crippen molar-refractivity contribution in [3.05, 3.63) is 70.5 Å². The minimum Gasteiger partial charge on any atom is -0.289 e. The Bertz CT molecular complexity index is 674. The van der Waals surface area contributed by atoms with Crippen LogP contribution < -0.4 is 0 Å². The van der Waals surface area contributed by atoms with E-state index in [4.69, 9.17) is 0 Å². The van der Waals surface area contributed by atoms with Crippen molar-refractivity contribution >= 4 is 5.78 Å². The van der Waals surface area contributed by atoms with E-state index in [1.165, 1.54) is 12.1 Å². The van der Waals surface area contributed by atoms with Crippen molar-refractivity contribution in [2.24, 2.45) is 0 Å². The SMILES string of the molecule is CCc1cccc(C(=O)c2cc(F)ccc2C(F)(F)F)c1. The zero-order valence-electron chi connectivity index (χ0n) is 11.2. The number of benzene rings is 2. The van der Waals surface area contributed by atoms with Gasteiger partial charge in [-0.05, 0) is 36.2 Å². The summed E-state index contributed by atoms with van der Waals surface area (Å²) >= 11 is 0. The Morgan fingerprint density at radius 3 is 2.43 bits per heavy atom. The van der Waals surface area contributed by atoms with E-state index in [1.54, 1.807) is 12.1 Å². The molecule has 0 fully saturated rings. The zero-order valence-corrected chi connectivity index (χ0v) is 11.2. The molecular formula is C16H12F4O. The van der Waals surface area contributed by atoms with Crippen LogP contribution in [-0.2, 0) is 12.6 Å². The molecule has 1 nitrogen and oxygen atoms in total. The predicted octanol–water partition coefficient (Wildman–Crippen LogP) is 4.64. The van der Waals surface area contributed by atoms with E-state index in [-0.39, 0.29) is 5.56 Å². The van der Waals surface area contributed by atoms with Gasteiger partial charge in [-0.3, -0.25) is 4.79 Å². The molecule has 0 aliphatic rings. The highest BCUT2D eigenvalue weighted by molar-refractivity contribution is 6.10. The molecule has 0 amide bonds. The van der Waals surface area contributed by atoms with Crippen LogP contribution >= 0.6 is 0 Å². The minimum atomic E-state index is -4.71. The Morgan fingerprint density at radius 1 is 1.10 bits per heavy atom. The summed E-state index contributed by atoms with van der Waals surface area (Å²) in [4.78, 5) is 12.3. The van der Waals surface area contributed by atoms with Gasteiger partial charge in [0.15, 0.2) is 5.78 Å². The second kappa shape index (κ2) is 5.68. The van der Waals surface area contributed by atoms with E-state index in [0.29, 0.717) is 24.6 Å². The van der Waals surface area contributed by atoms with Gasteiger partial charge in [0, 0.05) is 11.1 Å². The molecule has 0 heterocycles. The molecule has 0 aromatic heterocycles. The number of carbonyl (C=O) groups is 1. The highest BCUT2D eigenvalue weighted by Gasteiger charge is 2.35. The summed E-state index contributed by atoms with van der Waals surface area (Å²) in [6, 6.07) is 8.23.